The van der Waals surface area contributed by atoms with Gasteiger partial charge in [0.1, 0.15) is 5.03 Å². The number of pyridine rings is 1. The number of hydrogen-bond acceptors (Lipinski definition) is 3. The Morgan fingerprint density at radius 3 is 2.67 bits per heavy atom. The number of carbonyl (C=O) groups excluding carboxylic acids is 1. The summed E-state index contributed by atoms with van der Waals surface area (Å²) in [6.45, 7) is 4.12. The van der Waals surface area contributed by atoms with Crippen LogP contribution in [0.3, 0.4) is 0 Å². The standard InChI is InChI=1S/C23H20N2OS/c1-15-10-11-20-18(12-15)13-16(2)23(25-20)27-14-22(26)24-21-9-5-7-17-6-3-4-8-19(17)21/h3-13H,14H2,1-2H3,(H,24,26). The van der Waals surface area contributed by atoms with Gasteiger partial charge in [0.2, 0.25) is 5.91 Å². The van der Waals surface area contributed by atoms with Crippen molar-refractivity contribution in [3.8, 4) is 0 Å². The van der Waals surface area contributed by atoms with Crippen LogP contribution in [-0.2, 0) is 4.79 Å². The Kier molecular flexibility index (Phi) is 4.82. The van der Waals surface area contributed by atoms with Gasteiger partial charge < -0.3 is 5.32 Å². The summed E-state index contributed by atoms with van der Waals surface area (Å²) in [4.78, 5) is 17.2. The second-order valence-electron chi connectivity index (χ2n) is 6.67. The molecule has 0 aliphatic carbocycles. The fraction of sp³-hybridized carbons (Fsp3) is 0.130. The largest absolute Gasteiger partial charge is 0.325 e. The van der Waals surface area contributed by atoms with Gasteiger partial charge in [-0.1, -0.05) is 59.8 Å². The summed E-state index contributed by atoms with van der Waals surface area (Å²) in [5.74, 6) is 0.301. The molecule has 1 aromatic heterocycles. The molecule has 3 nitrogen and oxygen atoms in total. The van der Waals surface area contributed by atoms with E-state index in [2.05, 4.69) is 30.4 Å². The summed E-state index contributed by atoms with van der Waals surface area (Å²) in [6, 6.07) is 22.4. The lowest BCUT2D eigenvalue weighted by atomic mass is 10.1. The number of fused-ring (bicyclic) bond motifs is 2. The summed E-state index contributed by atoms with van der Waals surface area (Å²) in [7, 11) is 0. The average molecular weight is 372 g/mol. The number of thioether (sulfide) groups is 1. The van der Waals surface area contributed by atoms with Crippen molar-refractivity contribution in [1.29, 1.82) is 0 Å². The molecule has 0 radical (unpaired) electrons. The molecular weight excluding hydrogens is 352 g/mol. The van der Waals surface area contributed by atoms with Crippen LogP contribution in [-0.4, -0.2) is 16.6 Å². The zero-order chi connectivity index (χ0) is 18.8. The van der Waals surface area contributed by atoms with Gasteiger partial charge in [0, 0.05) is 16.5 Å². The number of aryl methyl sites for hydroxylation is 2. The molecular formula is C23H20N2OS. The number of carbonyl (C=O) groups is 1. The number of hydrogen-bond donors (Lipinski definition) is 1. The third kappa shape index (κ3) is 3.81. The lowest BCUT2D eigenvalue weighted by Crippen LogP contribution is -2.14. The van der Waals surface area contributed by atoms with E-state index in [1.807, 2.05) is 55.5 Å². The van der Waals surface area contributed by atoms with Crippen LogP contribution < -0.4 is 5.32 Å². The number of nitrogens with zero attached hydrogens (tertiary/aromatic N) is 1. The van der Waals surface area contributed by atoms with Crippen molar-refractivity contribution in [2.45, 2.75) is 18.9 Å². The van der Waals surface area contributed by atoms with E-state index in [9.17, 15) is 4.79 Å². The van der Waals surface area contributed by atoms with Crippen molar-refractivity contribution >= 4 is 45.0 Å². The minimum Gasteiger partial charge on any atom is -0.325 e. The summed E-state index contributed by atoms with van der Waals surface area (Å²) in [6.07, 6.45) is 0. The lowest BCUT2D eigenvalue weighted by molar-refractivity contribution is -0.113. The third-order valence-corrected chi connectivity index (χ3v) is 5.61. The van der Waals surface area contributed by atoms with Crippen LogP contribution >= 0.6 is 11.8 Å². The van der Waals surface area contributed by atoms with Crippen LogP contribution in [0, 0.1) is 13.8 Å². The van der Waals surface area contributed by atoms with Gasteiger partial charge in [-0.25, -0.2) is 4.98 Å². The second-order valence-corrected chi connectivity index (χ2v) is 7.63. The van der Waals surface area contributed by atoms with E-state index < -0.39 is 0 Å². The van der Waals surface area contributed by atoms with Crippen LogP contribution in [0.1, 0.15) is 11.1 Å². The first-order valence-corrected chi connectivity index (χ1v) is 9.87. The maximum absolute atomic E-state index is 12.5. The highest BCUT2D eigenvalue weighted by Crippen LogP contribution is 2.26. The minimum atomic E-state index is -0.0263. The first-order chi connectivity index (χ1) is 13.1. The van der Waals surface area contributed by atoms with Gasteiger partial charge in [-0.2, -0.15) is 0 Å². The molecule has 4 rings (SSSR count). The van der Waals surface area contributed by atoms with Gasteiger partial charge in [0.05, 0.1) is 11.3 Å². The van der Waals surface area contributed by atoms with Gasteiger partial charge in [-0.3, -0.25) is 4.79 Å². The number of anilines is 1. The SMILES string of the molecule is Cc1ccc2nc(SCC(=O)Nc3cccc4ccccc34)c(C)cc2c1. The maximum atomic E-state index is 12.5. The molecule has 1 amide bonds. The lowest BCUT2D eigenvalue weighted by Gasteiger charge is -2.10. The molecule has 4 heteroatoms. The first-order valence-electron chi connectivity index (χ1n) is 8.88. The van der Waals surface area contributed by atoms with Crippen LogP contribution in [0.5, 0.6) is 0 Å². The highest BCUT2D eigenvalue weighted by atomic mass is 32.2. The van der Waals surface area contributed by atoms with E-state index in [1.54, 1.807) is 0 Å². The van der Waals surface area contributed by atoms with Crippen LogP contribution in [0.15, 0.2) is 71.8 Å². The fourth-order valence-electron chi connectivity index (χ4n) is 3.18. The molecule has 27 heavy (non-hydrogen) atoms. The van der Waals surface area contributed by atoms with E-state index in [4.69, 9.17) is 4.98 Å². The molecule has 1 N–H and O–H groups in total. The Labute approximate surface area is 162 Å². The van der Waals surface area contributed by atoms with Crippen LogP contribution in [0.25, 0.3) is 21.7 Å². The number of amides is 1. The van der Waals surface area contributed by atoms with E-state index in [1.165, 1.54) is 17.3 Å². The maximum Gasteiger partial charge on any atom is 0.234 e. The van der Waals surface area contributed by atoms with Crippen molar-refractivity contribution in [3.63, 3.8) is 0 Å². The van der Waals surface area contributed by atoms with Crippen molar-refractivity contribution < 1.29 is 4.79 Å². The Balaban J connectivity index is 1.50. The Morgan fingerprint density at radius 1 is 0.963 bits per heavy atom. The summed E-state index contributed by atoms with van der Waals surface area (Å²) in [5.41, 5.74) is 4.12. The minimum absolute atomic E-state index is 0.0263. The van der Waals surface area contributed by atoms with Crippen molar-refractivity contribution in [3.05, 3.63) is 77.9 Å². The fourth-order valence-corrected chi connectivity index (χ4v) is 3.97. The highest BCUT2D eigenvalue weighted by Gasteiger charge is 2.10. The molecule has 0 saturated heterocycles. The van der Waals surface area contributed by atoms with E-state index in [0.717, 1.165) is 38.0 Å². The highest BCUT2D eigenvalue weighted by molar-refractivity contribution is 8.00. The summed E-state index contributed by atoms with van der Waals surface area (Å²) in [5, 5.41) is 7.24. The zero-order valence-electron chi connectivity index (χ0n) is 15.3. The molecule has 0 saturated carbocycles. The van der Waals surface area contributed by atoms with E-state index in [0.29, 0.717) is 5.75 Å². The summed E-state index contributed by atoms with van der Waals surface area (Å²) < 4.78 is 0. The second kappa shape index (κ2) is 7.41. The Hall–Kier alpha value is -2.85. The quantitative estimate of drug-likeness (QED) is 0.465. The number of nitrogens with one attached hydrogen (secondary N) is 1. The molecule has 0 aliphatic heterocycles. The molecule has 0 aliphatic rings. The Bertz CT molecular complexity index is 1150. The number of rotatable bonds is 4. The van der Waals surface area contributed by atoms with Gasteiger partial charge in [0.15, 0.2) is 0 Å². The molecule has 1 heterocycles. The van der Waals surface area contributed by atoms with Crippen LogP contribution in [0.4, 0.5) is 5.69 Å². The van der Waals surface area contributed by atoms with E-state index in [-0.39, 0.29) is 5.91 Å². The summed E-state index contributed by atoms with van der Waals surface area (Å²) >= 11 is 1.48. The first kappa shape index (κ1) is 17.6. The van der Waals surface area contributed by atoms with Crippen molar-refractivity contribution in [1.82, 2.24) is 4.98 Å². The molecule has 0 atom stereocenters. The zero-order valence-corrected chi connectivity index (χ0v) is 16.1. The molecule has 134 valence electrons. The molecule has 0 unspecified atom stereocenters. The number of aromatic nitrogens is 1. The normalized spacial score (nSPS) is 11.0. The average Bonchev–Trinajstić information content (AvgIpc) is 2.67. The predicted molar refractivity (Wildman–Crippen MR) is 115 cm³/mol. The molecule has 0 spiro atoms. The van der Waals surface area contributed by atoms with E-state index >= 15 is 0 Å². The van der Waals surface area contributed by atoms with Crippen LogP contribution in [0.2, 0.25) is 0 Å². The molecule has 4 aromatic rings. The van der Waals surface area contributed by atoms with Gasteiger partial charge in [-0.15, -0.1) is 0 Å². The van der Waals surface area contributed by atoms with Gasteiger partial charge in [-0.05, 0) is 49.1 Å². The molecule has 3 aromatic carbocycles. The predicted octanol–water partition coefficient (Wildman–Crippen LogP) is 5.74. The number of benzene rings is 3. The van der Waals surface area contributed by atoms with Gasteiger partial charge >= 0.3 is 0 Å². The van der Waals surface area contributed by atoms with Crippen molar-refractivity contribution in [2.24, 2.45) is 0 Å². The third-order valence-electron chi connectivity index (χ3n) is 4.52. The molecule has 0 bridgehead atoms. The molecule has 0 fully saturated rings. The smallest absolute Gasteiger partial charge is 0.234 e. The van der Waals surface area contributed by atoms with Gasteiger partial charge in [0.25, 0.3) is 0 Å². The Morgan fingerprint density at radius 2 is 1.78 bits per heavy atom. The van der Waals surface area contributed by atoms with Crippen molar-refractivity contribution in [2.75, 3.05) is 11.1 Å². The monoisotopic (exact) mass is 372 g/mol. The topological polar surface area (TPSA) is 42.0 Å².